The maximum atomic E-state index is 11.7. The van der Waals surface area contributed by atoms with Crippen LogP contribution in [0.25, 0.3) is 11.3 Å². The largest absolute Gasteiger partial charge is 0.494 e. The summed E-state index contributed by atoms with van der Waals surface area (Å²) in [5, 5.41) is 0. The second-order valence-corrected chi connectivity index (χ2v) is 4.57. The highest BCUT2D eigenvalue weighted by Crippen LogP contribution is 2.20. The number of benzene rings is 1. The molecule has 4 heteroatoms. The first-order chi connectivity index (χ1) is 9.24. The lowest BCUT2D eigenvalue weighted by Crippen LogP contribution is -2.11. The van der Waals surface area contributed by atoms with Gasteiger partial charge in [0, 0.05) is 17.0 Å². The lowest BCUT2D eigenvalue weighted by Gasteiger charge is -2.06. The maximum absolute atomic E-state index is 11.7. The van der Waals surface area contributed by atoms with Gasteiger partial charge < -0.3 is 9.72 Å². The maximum Gasteiger partial charge on any atom is 0.252 e. The van der Waals surface area contributed by atoms with E-state index in [1.165, 1.54) is 0 Å². The van der Waals surface area contributed by atoms with Gasteiger partial charge in [-0.25, -0.2) is 0 Å². The van der Waals surface area contributed by atoms with E-state index in [2.05, 4.69) is 24.5 Å². The Morgan fingerprint density at radius 1 is 1.16 bits per heavy atom. The van der Waals surface area contributed by atoms with Crippen LogP contribution in [0.4, 0.5) is 0 Å². The highest BCUT2D eigenvalue weighted by Gasteiger charge is 2.02. The Balaban J connectivity index is 2.22. The van der Waals surface area contributed by atoms with Crippen molar-refractivity contribution in [1.82, 2.24) is 4.98 Å². The lowest BCUT2D eigenvalue weighted by atomic mass is 10.1. The molecule has 3 nitrogen and oxygen atoms in total. The Bertz CT molecular complexity index is 590. The topological polar surface area (TPSA) is 42.1 Å². The summed E-state index contributed by atoms with van der Waals surface area (Å²) in [5.74, 6) is 1.29. The molecule has 1 aromatic carbocycles. The minimum absolute atomic E-state index is 0.0844. The summed E-state index contributed by atoms with van der Waals surface area (Å²) < 4.78 is 5.52. The van der Waals surface area contributed by atoms with Gasteiger partial charge in [-0.15, -0.1) is 0 Å². The molecular weight excluding hydrogens is 258 g/mol. The summed E-state index contributed by atoms with van der Waals surface area (Å²) >= 11 is 4.11. The number of aromatic nitrogens is 1. The van der Waals surface area contributed by atoms with Crippen LogP contribution in [-0.4, -0.2) is 11.6 Å². The molecule has 0 amide bonds. The summed E-state index contributed by atoms with van der Waals surface area (Å²) in [4.78, 5) is 14.6. The predicted molar refractivity (Wildman–Crippen MR) is 81.0 cm³/mol. The summed E-state index contributed by atoms with van der Waals surface area (Å²) in [6, 6.07) is 11.4. The molecule has 0 aliphatic heterocycles. The third-order valence-electron chi connectivity index (χ3n) is 2.80. The van der Waals surface area contributed by atoms with E-state index in [-0.39, 0.29) is 5.56 Å². The van der Waals surface area contributed by atoms with Crippen molar-refractivity contribution in [2.75, 3.05) is 6.61 Å². The minimum Gasteiger partial charge on any atom is -0.494 e. The smallest absolute Gasteiger partial charge is 0.252 e. The summed E-state index contributed by atoms with van der Waals surface area (Å²) in [6.45, 7) is 2.79. The molecule has 0 aliphatic carbocycles. The number of thiol groups is 1. The molecule has 0 aliphatic rings. The molecule has 1 heterocycles. The van der Waals surface area contributed by atoms with Crippen LogP contribution >= 0.6 is 12.6 Å². The molecule has 0 bridgehead atoms. The lowest BCUT2D eigenvalue weighted by molar-refractivity contribution is 0.317. The normalized spacial score (nSPS) is 10.4. The Kier molecular flexibility index (Phi) is 4.68. The third kappa shape index (κ3) is 3.41. The van der Waals surface area contributed by atoms with Crippen LogP contribution in [-0.2, 0) is 5.75 Å². The van der Waals surface area contributed by atoms with Crippen molar-refractivity contribution in [3.05, 3.63) is 52.3 Å². The van der Waals surface area contributed by atoms with Crippen LogP contribution in [0.3, 0.4) is 0 Å². The molecule has 1 N–H and O–H groups in total. The van der Waals surface area contributed by atoms with Crippen LogP contribution in [0, 0.1) is 0 Å². The number of pyridine rings is 1. The summed E-state index contributed by atoms with van der Waals surface area (Å²) in [6.07, 6.45) is 0.986. The van der Waals surface area contributed by atoms with Crippen molar-refractivity contribution in [2.45, 2.75) is 19.1 Å². The zero-order valence-electron chi connectivity index (χ0n) is 10.8. The molecule has 0 unspecified atom stereocenters. The number of hydrogen-bond donors (Lipinski definition) is 2. The highest BCUT2D eigenvalue weighted by molar-refractivity contribution is 7.79. The fourth-order valence-electron chi connectivity index (χ4n) is 1.75. The van der Waals surface area contributed by atoms with Gasteiger partial charge in [0.05, 0.1) is 6.61 Å². The van der Waals surface area contributed by atoms with E-state index in [9.17, 15) is 4.79 Å². The average molecular weight is 275 g/mol. The standard InChI is InChI=1S/C15H17NO2S/c1-2-9-18-13-6-3-11(4-7-13)14-8-5-12(10-19)15(17)16-14/h3-8,19H,2,9-10H2,1H3,(H,16,17). The fraction of sp³-hybridized carbons (Fsp3) is 0.267. The number of hydrogen-bond acceptors (Lipinski definition) is 3. The SMILES string of the molecule is CCCOc1ccc(-c2ccc(CS)c(=O)[nH]2)cc1. The Morgan fingerprint density at radius 3 is 2.47 bits per heavy atom. The molecule has 0 spiro atoms. The van der Waals surface area contributed by atoms with Crippen molar-refractivity contribution < 1.29 is 4.74 Å². The van der Waals surface area contributed by atoms with Crippen LogP contribution in [0.15, 0.2) is 41.2 Å². The number of ether oxygens (including phenoxy) is 1. The first-order valence-electron chi connectivity index (χ1n) is 6.31. The Morgan fingerprint density at radius 2 is 1.89 bits per heavy atom. The van der Waals surface area contributed by atoms with Gasteiger partial charge in [-0.2, -0.15) is 12.6 Å². The van der Waals surface area contributed by atoms with Gasteiger partial charge in [0.1, 0.15) is 5.75 Å². The molecule has 0 saturated heterocycles. The van der Waals surface area contributed by atoms with Gasteiger partial charge >= 0.3 is 0 Å². The van der Waals surface area contributed by atoms with Crippen molar-refractivity contribution in [2.24, 2.45) is 0 Å². The quantitative estimate of drug-likeness (QED) is 0.822. The highest BCUT2D eigenvalue weighted by atomic mass is 32.1. The van der Waals surface area contributed by atoms with Crippen molar-refractivity contribution >= 4 is 12.6 Å². The average Bonchev–Trinajstić information content (AvgIpc) is 2.45. The molecule has 0 fully saturated rings. The predicted octanol–water partition coefficient (Wildman–Crippen LogP) is 3.26. The van der Waals surface area contributed by atoms with Crippen molar-refractivity contribution in [1.29, 1.82) is 0 Å². The second kappa shape index (κ2) is 6.48. The molecule has 100 valence electrons. The van der Waals surface area contributed by atoms with Crippen LogP contribution in [0.2, 0.25) is 0 Å². The summed E-state index contributed by atoms with van der Waals surface area (Å²) in [5.41, 5.74) is 2.36. The van der Waals surface area contributed by atoms with E-state index in [1.54, 1.807) is 0 Å². The monoisotopic (exact) mass is 275 g/mol. The minimum atomic E-state index is -0.0844. The fourth-order valence-corrected chi connectivity index (χ4v) is 2.00. The van der Waals surface area contributed by atoms with Crippen LogP contribution < -0.4 is 10.3 Å². The number of nitrogens with one attached hydrogen (secondary N) is 1. The van der Waals surface area contributed by atoms with E-state index in [4.69, 9.17) is 4.74 Å². The summed E-state index contributed by atoms with van der Waals surface area (Å²) in [7, 11) is 0. The van der Waals surface area contributed by atoms with Crippen LogP contribution in [0.5, 0.6) is 5.75 Å². The molecule has 0 atom stereocenters. The zero-order chi connectivity index (χ0) is 13.7. The molecule has 0 radical (unpaired) electrons. The molecule has 0 saturated carbocycles. The van der Waals surface area contributed by atoms with Gasteiger partial charge in [0.15, 0.2) is 0 Å². The second-order valence-electron chi connectivity index (χ2n) is 4.26. The number of aromatic amines is 1. The Labute approximate surface area is 118 Å². The van der Waals surface area contributed by atoms with Gasteiger partial charge in [0.2, 0.25) is 0 Å². The first kappa shape index (κ1) is 13.7. The van der Waals surface area contributed by atoms with E-state index in [0.29, 0.717) is 17.9 Å². The third-order valence-corrected chi connectivity index (χ3v) is 3.14. The van der Waals surface area contributed by atoms with Gasteiger partial charge in [-0.05, 0) is 42.3 Å². The molecule has 2 aromatic rings. The molecular formula is C15H17NO2S. The van der Waals surface area contributed by atoms with Gasteiger partial charge in [-0.3, -0.25) is 4.79 Å². The molecule has 1 aromatic heterocycles. The van der Waals surface area contributed by atoms with E-state index < -0.39 is 0 Å². The number of H-pyrrole nitrogens is 1. The van der Waals surface area contributed by atoms with Crippen molar-refractivity contribution in [3.63, 3.8) is 0 Å². The molecule has 19 heavy (non-hydrogen) atoms. The Hall–Kier alpha value is -1.68. The van der Waals surface area contributed by atoms with Gasteiger partial charge in [-0.1, -0.05) is 13.0 Å². The molecule has 2 rings (SSSR count). The van der Waals surface area contributed by atoms with E-state index in [0.717, 1.165) is 23.4 Å². The number of rotatable bonds is 5. The van der Waals surface area contributed by atoms with E-state index >= 15 is 0 Å². The van der Waals surface area contributed by atoms with Gasteiger partial charge in [0.25, 0.3) is 5.56 Å². The first-order valence-corrected chi connectivity index (χ1v) is 6.94. The van der Waals surface area contributed by atoms with Crippen molar-refractivity contribution in [3.8, 4) is 17.0 Å². The van der Waals surface area contributed by atoms with E-state index in [1.807, 2.05) is 36.4 Å². The zero-order valence-corrected chi connectivity index (χ0v) is 11.7. The van der Waals surface area contributed by atoms with Crippen LogP contribution in [0.1, 0.15) is 18.9 Å².